The minimum absolute atomic E-state index is 0.329. The molecule has 5 heteroatoms. The molecule has 0 bridgehead atoms. The van der Waals surface area contributed by atoms with Crippen LogP contribution >= 0.6 is 0 Å². The fraction of sp³-hybridized carbons (Fsp3) is 1.00. The van der Waals surface area contributed by atoms with Gasteiger partial charge in [0.25, 0.3) is 0 Å². The van der Waals surface area contributed by atoms with Crippen molar-refractivity contribution in [3.63, 3.8) is 0 Å². The normalized spacial score (nSPS) is 10.2. The monoisotopic (exact) mass is 138 g/mol. The molecule has 0 atom stereocenters. The largest absolute Gasteiger partial charge is 0.304 e. The van der Waals surface area contributed by atoms with Gasteiger partial charge < -0.3 is 5.32 Å². The number of hydrogen-bond donors (Lipinski definition) is 3. The van der Waals surface area contributed by atoms with E-state index in [4.69, 9.17) is 0 Å². The summed E-state index contributed by atoms with van der Waals surface area (Å²) in [5.74, 6) is 0. The molecule has 4 nitrogen and oxygen atoms in total. The third kappa shape index (κ3) is 5.87. The molecule has 0 radical (unpaired) electrons. The number of thiol groups is 1. The minimum atomic E-state index is -2.42. The van der Waals surface area contributed by atoms with Crippen LogP contribution in [-0.4, -0.2) is 21.6 Å². The average molecular weight is 138 g/mol. The lowest BCUT2D eigenvalue weighted by atomic mass is 10.8. The SMILES string of the molecule is CCNCN[SH](=O)=O. The Morgan fingerprint density at radius 3 is 2.50 bits per heavy atom. The zero-order valence-electron chi connectivity index (χ0n) is 4.68. The second-order valence-corrected chi connectivity index (χ2v) is 2.03. The average Bonchev–Trinajstić information content (AvgIpc) is 1.66. The summed E-state index contributed by atoms with van der Waals surface area (Å²) >= 11 is 0. The first-order chi connectivity index (χ1) is 3.77. The Balaban J connectivity index is 2.94. The molecule has 0 rings (SSSR count). The van der Waals surface area contributed by atoms with Crippen LogP contribution in [0.2, 0.25) is 0 Å². The molecule has 0 aliphatic heterocycles. The maximum atomic E-state index is 9.76. The third-order valence-corrected chi connectivity index (χ3v) is 0.999. The predicted molar refractivity (Wildman–Crippen MR) is 32.0 cm³/mol. The summed E-state index contributed by atoms with van der Waals surface area (Å²) in [5, 5.41) is 2.78. The zero-order chi connectivity index (χ0) is 6.41. The van der Waals surface area contributed by atoms with Gasteiger partial charge in [0.2, 0.25) is 10.9 Å². The van der Waals surface area contributed by atoms with Crippen LogP contribution in [0.4, 0.5) is 0 Å². The molecule has 0 aliphatic carbocycles. The Labute approximate surface area is 50.4 Å². The molecule has 0 fully saturated rings. The van der Waals surface area contributed by atoms with Crippen molar-refractivity contribution >= 4 is 10.9 Å². The Kier molecular flexibility index (Phi) is 4.93. The highest BCUT2D eigenvalue weighted by atomic mass is 32.2. The second-order valence-electron chi connectivity index (χ2n) is 1.20. The summed E-state index contributed by atoms with van der Waals surface area (Å²) in [6.45, 7) is 3.00. The Morgan fingerprint density at radius 1 is 1.50 bits per heavy atom. The first-order valence-corrected chi connectivity index (χ1v) is 3.53. The smallest absolute Gasteiger partial charge is 0.202 e. The van der Waals surface area contributed by atoms with Crippen molar-refractivity contribution < 1.29 is 8.42 Å². The summed E-state index contributed by atoms with van der Waals surface area (Å²) in [6, 6.07) is 0. The van der Waals surface area contributed by atoms with Crippen LogP contribution in [0.1, 0.15) is 6.92 Å². The van der Waals surface area contributed by atoms with Gasteiger partial charge in [-0.25, -0.2) is 13.1 Å². The first kappa shape index (κ1) is 7.87. The lowest BCUT2D eigenvalue weighted by molar-refractivity contribution is 0.592. The molecule has 0 saturated heterocycles. The van der Waals surface area contributed by atoms with Crippen molar-refractivity contribution in [2.45, 2.75) is 6.92 Å². The molecule has 50 valence electrons. The van der Waals surface area contributed by atoms with E-state index in [0.717, 1.165) is 6.54 Å². The lowest BCUT2D eigenvalue weighted by Gasteiger charge is -1.94. The van der Waals surface area contributed by atoms with E-state index in [1.54, 1.807) is 0 Å². The molecule has 0 spiro atoms. The van der Waals surface area contributed by atoms with E-state index in [1.807, 2.05) is 6.92 Å². The number of nitrogens with one attached hydrogen (secondary N) is 2. The maximum absolute atomic E-state index is 9.76. The van der Waals surface area contributed by atoms with Gasteiger partial charge in [-0.3, -0.25) is 0 Å². The quantitative estimate of drug-likeness (QED) is 0.256. The van der Waals surface area contributed by atoms with Gasteiger partial charge in [0.05, 0.1) is 6.67 Å². The van der Waals surface area contributed by atoms with Crippen LogP contribution in [-0.2, 0) is 10.9 Å². The van der Waals surface area contributed by atoms with Crippen LogP contribution in [0.25, 0.3) is 0 Å². The van der Waals surface area contributed by atoms with Gasteiger partial charge >= 0.3 is 0 Å². The number of rotatable bonds is 4. The van der Waals surface area contributed by atoms with Crippen molar-refractivity contribution in [3.8, 4) is 0 Å². The molecule has 0 aromatic heterocycles. The van der Waals surface area contributed by atoms with Crippen molar-refractivity contribution in [2.24, 2.45) is 0 Å². The van der Waals surface area contributed by atoms with Crippen molar-refractivity contribution in [1.82, 2.24) is 10.0 Å². The number of hydrogen-bond acceptors (Lipinski definition) is 3. The van der Waals surface area contributed by atoms with Gasteiger partial charge in [-0.15, -0.1) is 0 Å². The van der Waals surface area contributed by atoms with Crippen LogP contribution in [0.3, 0.4) is 0 Å². The molecular formula is C3H10N2O2S. The van der Waals surface area contributed by atoms with Gasteiger partial charge in [-0.05, 0) is 6.54 Å². The van der Waals surface area contributed by atoms with Crippen molar-refractivity contribution in [3.05, 3.63) is 0 Å². The predicted octanol–water partition coefficient (Wildman–Crippen LogP) is -1.33. The van der Waals surface area contributed by atoms with Gasteiger partial charge in [-0.2, -0.15) is 0 Å². The highest BCUT2D eigenvalue weighted by molar-refractivity contribution is 7.70. The Morgan fingerprint density at radius 2 is 2.12 bits per heavy atom. The zero-order valence-corrected chi connectivity index (χ0v) is 5.57. The summed E-state index contributed by atoms with van der Waals surface area (Å²) in [7, 11) is -2.42. The molecule has 0 aliphatic rings. The summed E-state index contributed by atoms with van der Waals surface area (Å²) in [5.41, 5.74) is 0. The van der Waals surface area contributed by atoms with Crippen LogP contribution < -0.4 is 10.0 Å². The molecule has 0 saturated carbocycles. The maximum Gasteiger partial charge on any atom is 0.202 e. The molecular weight excluding hydrogens is 128 g/mol. The van der Waals surface area contributed by atoms with E-state index in [0.29, 0.717) is 6.67 Å². The van der Waals surface area contributed by atoms with E-state index in [9.17, 15) is 8.42 Å². The fourth-order valence-corrected chi connectivity index (χ4v) is 0.486. The molecule has 2 N–H and O–H groups in total. The van der Waals surface area contributed by atoms with Gasteiger partial charge in [-0.1, -0.05) is 6.92 Å². The van der Waals surface area contributed by atoms with Gasteiger partial charge in [0.1, 0.15) is 0 Å². The second kappa shape index (κ2) is 5.02. The van der Waals surface area contributed by atoms with E-state index in [-0.39, 0.29) is 0 Å². The highest BCUT2D eigenvalue weighted by Crippen LogP contribution is 1.51. The Bertz CT molecular complexity index is 104. The first-order valence-electron chi connectivity index (χ1n) is 2.36. The van der Waals surface area contributed by atoms with E-state index < -0.39 is 10.9 Å². The standard InChI is InChI=1S/C3H10N2O2S/c1-2-4-3-5-8(6)7/h4,8H,2-3H2,1H3,(H,5,6,7). The topological polar surface area (TPSA) is 58.2 Å². The molecule has 8 heavy (non-hydrogen) atoms. The summed E-state index contributed by atoms with van der Waals surface area (Å²) < 4.78 is 21.7. The molecule has 0 aromatic carbocycles. The van der Waals surface area contributed by atoms with Crippen LogP contribution in [0, 0.1) is 0 Å². The third-order valence-electron chi connectivity index (χ3n) is 0.583. The molecule has 0 amide bonds. The molecule has 0 aromatic rings. The van der Waals surface area contributed by atoms with Gasteiger partial charge in [0, 0.05) is 0 Å². The minimum Gasteiger partial charge on any atom is -0.304 e. The highest BCUT2D eigenvalue weighted by Gasteiger charge is 1.79. The van der Waals surface area contributed by atoms with Crippen LogP contribution in [0.15, 0.2) is 0 Å². The fourth-order valence-electron chi connectivity index (χ4n) is 0.245. The van der Waals surface area contributed by atoms with Crippen molar-refractivity contribution in [1.29, 1.82) is 0 Å². The van der Waals surface area contributed by atoms with E-state index in [2.05, 4.69) is 10.0 Å². The molecule has 0 unspecified atom stereocenters. The summed E-state index contributed by atoms with van der Waals surface area (Å²) in [6.07, 6.45) is 0. The van der Waals surface area contributed by atoms with Crippen LogP contribution in [0.5, 0.6) is 0 Å². The van der Waals surface area contributed by atoms with Gasteiger partial charge in [0.15, 0.2) is 0 Å². The molecule has 0 heterocycles. The summed E-state index contributed by atoms with van der Waals surface area (Å²) in [4.78, 5) is 0. The lowest BCUT2D eigenvalue weighted by Crippen LogP contribution is -2.27. The van der Waals surface area contributed by atoms with Crippen molar-refractivity contribution in [2.75, 3.05) is 13.2 Å². The van der Waals surface area contributed by atoms with E-state index >= 15 is 0 Å². The van der Waals surface area contributed by atoms with E-state index in [1.165, 1.54) is 0 Å². The Hall–Kier alpha value is -0.130.